The van der Waals surface area contributed by atoms with Gasteiger partial charge in [-0.1, -0.05) is 34.7 Å². The van der Waals surface area contributed by atoms with Crippen LogP contribution >= 0.6 is 22.6 Å². The van der Waals surface area contributed by atoms with E-state index in [0.717, 1.165) is 11.3 Å². The molecule has 1 atom stereocenters. The zero-order chi connectivity index (χ0) is 16.3. The summed E-state index contributed by atoms with van der Waals surface area (Å²) in [6, 6.07) is 8.23. The number of hydrogen-bond donors (Lipinski definition) is 1. The van der Waals surface area contributed by atoms with Crippen LogP contribution < -0.4 is 5.32 Å². The second kappa shape index (κ2) is 6.99. The first-order chi connectivity index (χ1) is 9.46. The summed E-state index contributed by atoms with van der Waals surface area (Å²) in [4.78, 5) is 12.0. The van der Waals surface area contributed by atoms with Crippen LogP contribution in [-0.4, -0.2) is 21.0 Å². The van der Waals surface area contributed by atoms with Gasteiger partial charge in [0.05, 0.1) is 0 Å². The van der Waals surface area contributed by atoms with E-state index in [4.69, 9.17) is 4.74 Å². The molecule has 1 N–H and O–H groups in total. The number of halogens is 1. The summed E-state index contributed by atoms with van der Waals surface area (Å²) < 4.78 is 5.24. The van der Waals surface area contributed by atoms with E-state index in [0.29, 0.717) is 6.42 Å². The molecule has 0 saturated carbocycles. The van der Waals surface area contributed by atoms with Crippen molar-refractivity contribution in [1.82, 2.24) is 0 Å². The fourth-order valence-electron chi connectivity index (χ4n) is 1.81. The van der Waals surface area contributed by atoms with Gasteiger partial charge in [0.25, 0.3) is 0 Å². The van der Waals surface area contributed by atoms with Gasteiger partial charge in [-0.25, -0.2) is 0 Å². The van der Waals surface area contributed by atoms with Crippen molar-refractivity contribution in [2.75, 3.05) is 5.32 Å². The number of ether oxygens (including phenoxy) is 1. The van der Waals surface area contributed by atoms with Gasteiger partial charge in [-0.05, 0) is 65.7 Å². The SMILES string of the molecule is CC(C)(C)Nc1ccc(CC(I)C(=O)OC(C)(C)C)cc1. The first-order valence-corrected chi connectivity index (χ1v) is 8.45. The highest BCUT2D eigenvalue weighted by Crippen LogP contribution is 2.19. The number of carbonyl (C=O) groups is 1. The molecule has 0 aliphatic heterocycles. The lowest BCUT2D eigenvalue weighted by molar-refractivity contribution is -0.153. The second-order valence-corrected chi connectivity index (χ2v) is 8.78. The molecule has 118 valence electrons. The van der Waals surface area contributed by atoms with E-state index in [9.17, 15) is 4.79 Å². The molecule has 0 spiro atoms. The molecule has 1 aromatic carbocycles. The summed E-state index contributed by atoms with van der Waals surface area (Å²) in [5.41, 5.74) is 1.85. The van der Waals surface area contributed by atoms with Crippen molar-refractivity contribution >= 4 is 34.2 Å². The van der Waals surface area contributed by atoms with E-state index in [2.05, 4.69) is 72.9 Å². The van der Waals surface area contributed by atoms with Crippen LogP contribution in [0.4, 0.5) is 5.69 Å². The average Bonchev–Trinajstić information content (AvgIpc) is 2.27. The van der Waals surface area contributed by atoms with Crippen molar-refractivity contribution in [2.24, 2.45) is 0 Å². The molecule has 3 nitrogen and oxygen atoms in total. The number of alkyl halides is 1. The minimum Gasteiger partial charge on any atom is -0.459 e. The molecule has 0 amide bonds. The van der Waals surface area contributed by atoms with Crippen molar-refractivity contribution in [3.8, 4) is 0 Å². The number of nitrogens with one attached hydrogen (secondary N) is 1. The highest BCUT2D eigenvalue weighted by Gasteiger charge is 2.23. The van der Waals surface area contributed by atoms with Gasteiger partial charge in [0.2, 0.25) is 0 Å². The third kappa shape index (κ3) is 7.69. The normalized spacial score (nSPS) is 13.7. The van der Waals surface area contributed by atoms with Crippen molar-refractivity contribution in [2.45, 2.75) is 63.0 Å². The van der Waals surface area contributed by atoms with Crippen molar-refractivity contribution in [1.29, 1.82) is 0 Å². The summed E-state index contributed by atoms with van der Waals surface area (Å²) in [6.45, 7) is 12.1. The third-order valence-electron chi connectivity index (χ3n) is 2.55. The maximum Gasteiger partial charge on any atom is 0.319 e. The first kappa shape index (κ1) is 18.3. The van der Waals surface area contributed by atoms with Crippen LogP contribution in [-0.2, 0) is 16.0 Å². The minimum absolute atomic E-state index is 0.0455. The highest BCUT2D eigenvalue weighted by atomic mass is 127. The molecule has 0 fully saturated rings. The summed E-state index contributed by atoms with van der Waals surface area (Å²) in [7, 11) is 0. The quantitative estimate of drug-likeness (QED) is 0.454. The Bertz CT molecular complexity index is 469. The Morgan fingerprint density at radius 2 is 1.67 bits per heavy atom. The number of rotatable bonds is 4. The van der Waals surface area contributed by atoms with E-state index in [-0.39, 0.29) is 15.4 Å². The Hall–Kier alpha value is -0.780. The first-order valence-electron chi connectivity index (χ1n) is 7.20. The Kier molecular flexibility index (Phi) is 6.08. The fourth-order valence-corrected chi connectivity index (χ4v) is 2.45. The standard InChI is InChI=1S/C17H26INO2/c1-16(2,3)19-13-9-7-12(8-10-13)11-14(18)15(20)21-17(4,5)6/h7-10,14,19H,11H2,1-6H3. The molecule has 0 saturated heterocycles. The van der Waals surface area contributed by atoms with Gasteiger partial charge in [-0.2, -0.15) is 0 Å². The molecule has 0 aliphatic carbocycles. The smallest absolute Gasteiger partial charge is 0.319 e. The molecule has 0 aromatic heterocycles. The molecular weight excluding hydrogens is 377 g/mol. The zero-order valence-corrected chi connectivity index (χ0v) is 15.9. The second-order valence-electron chi connectivity index (χ2n) is 7.28. The molecule has 1 unspecified atom stereocenters. The van der Waals surface area contributed by atoms with E-state index in [1.807, 2.05) is 20.8 Å². The zero-order valence-electron chi connectivity index (χ0n) is 13.8. The summed E-state index contributed by atoms with van der Waals surface area (Å²) in [5, 5.41) is 3.42. The lowest BCUT2D eigenvalue weighted by Crippen LogP contribution is -2.29. The molecule has 0 bridgehead atoms. The van der Waals surface area contributed by atoms with Crippen LogP contribution in [0.25, 0.3) is 0 Å². The molecule has 21 heavy (non-hydrogen) atoms. The van der Waals surface area contributed by atoms with E-state index < -0.39 is 5.60 Å². The van der Waals surface area contributed by atoms with E-state index in [1.165, 1.54) is 0 Å². The molecule has 0 heterocycles. The molecule has 0 aliphatic rings. The number of benzene rings is 1. The maximum atomic E-state index is 12.0. The number of esters is 1. The van der Waals surface area contributed by atoms with Gasteiger partial charge < -0.3 is 10.1 Å². The number of hydrogen-bond acceptors (Lipinski definition) is 3. The Balaban J connectivity index is 2.61. The van der Waals surface area contributed by atoms with Crippen molar-refractivity contribution in [3.05, 3.63) is 29.8 Å². The van der Waals surface area contributed by atoms with Gasteiger partial charge in [-0.15, -0.1) is 0 Å². The molecule has 1 aromatic rings. The molecule has 4 heteroatoms. The fraction of sp³-hybridized carbons (Fsp3) is 0.588. The monoisotopic (exact) mass is 403 g/mol. The lowest BCUT2D eigenvalue weighted by atomic mass is 10.1. The Morgan fingerprint density at radius 3 is 2.10 bits per heavy atom. The van der Waals surface area contributed by atoms with Crippen molar-refractivity contribution in [3.63, 3.8) is 0 Å². The van der Waals surface area contributed by atoms with Crippen LogP contribution in [0, 0.1) is 0 Å². The van der Waals surface area contributed by atoms with E-state index >= 15 is 0 Å². The van der Waals surface area contributed by atoms with Gasteiger partial charge in [0.1, 0.15) is 9.53 Å². The van der Waals surface area contributed by atoms with Gasteiger partial charge >= 0.3 is 5.97 Å². The van der Waals surface area contributed by atoms with Crippen LogP contribution in [0.15, 0.2) is 24.3 Å². The predicted molar refractivity (Wildman–Crippen MR) is 97.2 cm³/mol. The summed E-state index contributed by atoms with van der Waals surface area (Å²) >= 11 is 2.15. The van der Waals surface area contributed by atoms with Crippen LogP contribution in [0.3, 0.4) is 0 Å². The van der Waals surface area contributed by atoms with Crippen LogP contribution in [0.2, 0.25) is 0 Å². The number of anilines is 1. The molecule has 0 radical (unpaired) electrons. The van der Waals surface area contributed by atoms with E-state index in [1.54, 1.807) is 0 Å². The summed E-state index contributed by atoms with van der Waals surface area (Å²) in [5.74, 6) is -0.153. The largest absolute Gasteiger partial charge is 0.459 e. The topological polar surface area (TPSA) is 38.3 Å². The summed E-state index contributed by atoms with van der Waals surface area (Å²) in [6.07, 6.45) is 0.686. The minimum atomic E-state index is -0.430. The average molecular weight is 403 g/mol. The molecular formula is C17H26INO2. The van der Waals surface area contributed by atoms with Gasteiger partial charge in [0, 0.05) is 11.2 Å². The maximum absolute atomic E-state index is 12.0. The van der Waals surface area contributed by atoms with Gasteiger partial charge in [-0.3, -0.25) is 4.79 Å². The Morgan fingerprint density at radius 1 is 1.14 bits per heavy atom. The van der Waals surface area contributed by atoms with Gasteiger partial charge in [0.15, 0.2) is 0 Å². The molecule has 1 rings (SSSR count). The lowest BCUT2D eigenvalue weighted by Gasteiger charge is -2.23. The third-order valence-corrected chi connectivity index (χ3v) is 3.50. The number of carbonyl (C=O) groups excluding carboxylic acids is 1. The van der Waals surface area contributed by atoms with Crippen molar-refractivity contribution < 1.29 is 9.53 Å². The Labute approximate surface area is 142 Å². The highest BCUT2D eigenvalue weighted by molar-refractivity contribution is 14.1. The van der Waals surface area contributed by atoms with Crippen LogP contribution in [0.1, 0.15) is 47.1 Å². The van der Waals surface area contributed by atoms with Crippen LogP contribution in [0.5, 0.6) is 0 Å². The predicted octanol–water partition coefficient (Wildman–Crippen LogP) is 4.58.